The van der Waals surface area contributed by atoms with Gasteiger partial charge in [-0.3, -0.25) is 4.79 Å². The van der Waals surface area contributed by atoms with Crippen LogP contribution in [0.1, 0.15) is 24.2 Å². The van der Waals surface area contributed by atoms with Crippen molar-refractivity contribution >= 4 is 5.91 Å². The number of carbonyl (C=O) groups excluding carboxylic acids is 1. The zero-order valence-electron chi connectivity index (χ0n) is 9.56. The molecule has 0 heterocycles. The van der Waals surface area contributed by atoms with Crippen LogP contribution in [0.2, 0.25) is 0 Å². The van der Waals surface area contributed by atoms with Gasteiger partial charge in [0.1, 0.15) is 5.75 Å². The number of nitrogens with one attached hydrogen (secondary N) is 1. The van der Waals surface area contributed by atoms with E-state index in [9.17, 15) is 4.79 Å². The highest BCUT2D eigenvalue weighted by Crippen LogP contribution is 2.09. The van der Waals surface area contributed by atoms with Crippen molar-refractivity contribution in [3.05, 3.63) is 29.8 Å². The molecule has 0 aliphatic heterocycles. The van der Waals surface area contributed by atoms with E-state index in [1.165, 1.54) is 12.1 Å². The van der Waals surface area contributed by atoms with Crippen molar-refractivity contribution in [1.82, 2.24) is 5.32 Å². The zero-order chi connectivity index (χ0) is 12.0. The highest BCUT2D eigenvalue weighted by Gasteiger charge is 2.07. The van der Waals surface area contributed by atoms with Crippen molar-refractivity contribution in [1.29, 1.82) is 0 Å². The van der Waals surface area contributed by atoms with Gasteiger partial charge in [0.05, 0.1) is 6.10 Å². The summed E-state index contributed by atoms with van der Waals surface area (Å²) in [7, 11) is 0. The van der Waals surface area contributed by atoms with Crippen LogP contribution in [0.15, 0.2) is 24.3 Å². The Kier molecular flexibility index (Phi) is 4.79. The first-order valence-corrected chi connectivity index (χ1v) is 5.32. The van der Waals surface area contributed by atoms with Crippen molar-refractivity contribution < 1.29 is 14.6 Å². The Hall–Kier alpha value is -1.55. The molecule has 0 fully saturated rings. The van der Waals surface area contributed by atoms with Crippen LogP contribution in [0.25, 0.3) is 0 Å². The van der Waals surface area contributed by atoms with Gasteiger partial charge in [0, 0.05) is 18.7 Å². The molecule has 0 aliphatic carbocycles. The van der Waals surface area contributed by atoms with Gasteiger partial charge in [-0.2, -0.15) is 0 Å². The van der Waals surface area contributed by atoms with Gasteiger partial charge in [-0.05, 0) is 38.1 Å². The molecule has 0 radical (unpaired) electrons. The maximum atomic E-state index is 11.6. The molecule has 0 spiro atoms. The molecule has 1 aromatic rings. The van der Waals surface area contributed by atoms with Crippen molar-refractivity contribution in [2.75, 3.05) is 13.2 Å². The molecule has 0 bridgehead atoms. The van der Waals surface area contributed by atoms with Gasteiger partial charge in [-0.25, -0.2) is 0 Å². The lowest BCUT2D eigenvalue weighted by Crippen LogP contribution is -2.32. The number of rotatable bonds is 5. The molecule has 2 N–H and O–H groups in total. The van der Waals surface area contributed by atoms with Gasteiger partial charge < -0.3 is 15.2 Å². The van der Waals surface area contributed by atoms with E-state index in [0.717, 1.165) is 0 Å². The predicted molar refractivity (Wildman–Crippen MR) is 61.5 cm³/mol. The fourth-order valence-electron chi connectivity index (χ4n) is 1.29. The SMILES string of the molecule is CCOC(C)CNC(=O)c1ccc(O)cc1. The molecule has 0 saturated carbocycles. The quantitative estimate of drug-likeness (QED) is 0.796. The number of benzene rings is 1. The van der Waals surface area contributed by atoms with Gasteiger partial charge in [-0.1, -0.05) is 0 Å². The number of aromatic hydroxyl groups is 1. The Balaban J connectivity index is 2.43. The third-order valence-corrected chi connectivity index (χ3v) is 2.13. The van der Waals surface area contributed by atoms with E-state index in [0.29, 0.717) is 18.7 Å². The second-order valence-electron chi connectivity index (χ2n) is 3.52. The molecular formula is C12H17NO3. The average Bonchev–Trinajstić information content (AvgIpc) is 2.27. The Bertz CT molecular complexity index is 335. The van der Waals surface area contributed by atoms with E-state index in [4.69, 9.17) is 9.84 Å². The van der Waals surface area contributed by atoms with Crippen molar-refractivity contribution in [2.24, 2.45) is 0 Å². The third kappa shape index (κ3) is 3.90. The van der Waals surface area contributed by atoms with E-state index in [2.05, 4.69) is 5.32 Å². The van der Waals surface area contributed by atoms with Crippen LogP contribution in [0.3, 0.4) is 0 Å². The number of hydrogen-bond donors (Lipinski definition) is 2. The molecule has 1 atom stereocenters. The summed E-state index contributed by atoms with van der Waals surface area (Å²) in [5.74, 6) is -0.00853. The minimum Gasteiger partial charge on any atom is -0.508 e. The van der Waals surface area contributed by atoms with Crippen LogP contribution in [0.4, 0.5) is 0 Å². The predicted octanol–water partition coefficient (Wildman–Crippen LogP) is 1.55. The monoisotopic (exact) mass is 223 g/mol. The topological polar surface area (TPSA) is 58.6 Å². The Morgan fingerprint density at radius 1 is 1.44 bits per heavy atom. The summed E-state index contributed by atoms with van der Waals surface area (Å²) in [4.78, 5) is 11.6. The average molecular weight is 223 g/mol. The number of phenols is 1. The molecule has 0 aliphatic rings. The van der Waals surface area contributed by atoms with Gasteiger partial charge in [-0.15, -0.1) is 0 Å². The lowest BCUT2D eigenvalue weighted by atomic mass is 10.2. The normalized spacial score (nSPS) is 12.1. The molecule has 4 nitrogen and oxygen atoms in total. The molecular weight excluding hydrogens is 206 g/mol. The van der Waals surface area contributed by atoms with Crippen LogP contribution in [0, 0.1) is 0 Å². The summed E-state index contributed by atoms with van der Waals surface area (Å²) in [6, 6.07) is 6.13. The molecule has 4 heteroatoms. The van der Waals surface area contributed by atoms with E-state index in [1.54, 1.807) is 12.1 Å². The van der Waals surface area contributed by atoms with Gasteiger partial charge in [0.2, 0.25) is 0 Å². The first kappa shape index (κ1) is 12.5. The molecule has 0 saturated heterocycles. The van der Waals surface area contributed by atoms with Crippen molar-refractivity contribution in [3.8, 4) is 5.75 Å². The van der Waals surface area contributed by atoms with Crippen LogP contribution in [0.5, 0.6) is 5.75 Å². The van der Waals surface area contributed by atoms with Gasteiger partial charge >= 0.3 is 0 Å². The first-order chi connectivity index (χ1) is 7.63. The second-order valence-corrected chi connectivity index (χ2v) is 3.52. The van der Waals surface area contributed by atoms with E-state index >= 15 is 0 Å². The Morgan fingerprint density at radius 3 is 2.62 bits per heavy atom. The molecule has 1 aromatic carbocycles. The summed E-state index contributed by atoms with van der Waals surface area (Å²) in [5.41, 5.74) is 0.529. The molecule has 88 valence electrons. The Morgan fingerprint density at radius 2 is 2.06 bits per heavy atom. The third-order valence-electron chi connectivity index (χ3n) is 2.13. The summed E-state index contributed by atoms with van der Waals surface area (Å²) in [6.45, 7) is 4.93. The smallest absolute Gasteiger partial charge is 0.251 e. The lowest BCUT2D eigenvalue weighted by Gasteiger charge is -2.12. The number of phenolic OH excluding ortho intramolecular Hbond substituents is 1. The number of ether oxygens (including phenoxy) is 1. The maximum absolute atomic E-state index is 11.6. The van der Waals surface area contributed by atoms with E-state index < -0.39 is 0 Å². The van der Waals surface area contributed by atoms with Crippen molar-refractivity contribution in [3.63, 3.8) is 0 Å². The molecule has 0 aromatic heterocycles. The molecule has 1 unspecified atom stereocenters. The van der Waals surface area contributed by atoms with Crippen LogP contribution >= 0.6 is 0 Å². The lowest BCUT2D eigenvalue weighted by molar-refractivity contribution is 0.0695. The van der Waals surface area contributed by atoms with Gasteiger partial charge in [0.25, 0.3) is 5.91 Å². The van der Waals surface area contributed by atoms with Crippen LogP contribution < -0.4 is 5.32 Å². The van der Waals surface area contributed by atoms with E-state index in [-0.39, 0.29) is 17.8 Å². The summed E-state index contributed by atoms with van der Waals surface area (Å²) < 4.78 is 5.29. The number of carbonyl (C=O) groups is 1. The standard InChI is InChI=1S/C12H17NO3/c1-3-16-9(2)8-13-12(15)10-4-6-11(14)7-5-10/h4-7,9,14H,3,8H2,1-2H3,(H,13,15). The summed E-state index contributed by atoms with van der Waals surface area (Å²) >= 11 is 0. The summed E-state index contributed by atoms with van der Waals surface area (Å²) in [6.07, 6.45) is 0.00562. The maximum Gasteiger partial charge on any atom is 0.251 e. The molecule has 16 heavy (non-hydrogen) atoms. The highest BCUT2D eigenvalue weighted by atomic mass is 16.5. The largest absolute Gasteiger partial charge is 0.508 e. The van der Waals surface area contributed by atoms with Crippen LogP contribution in [-0.2, 0) is 4.74 Å². The Labute approximate surface area is 95.2 Å². The minimum atomic E-state index is -0.161. The minimum absolute atomic E-state index is 0.00562. The highest BCUT2D eigenvalue weighted by molar-refractivity contribution is 5.94. The van der Waals surface area contributed by atoms with Gasteiger partial charge in [0.15, 0.2) is 0 Å². The fourth-order valence-corrected chi connectivity index (χ4v) is 1.29. The second kappa shape index (κ2) is 6.12. The molecule has 1 rings (SSSR count). The fraction of sp³-hybridized carbons (Fsp3) is 0.417. The molecule has 1 amide bonds. The van der Waals surface area contributed by atoms with E-state index in [1.807, 2.05) is 13.8 Å². The van der Waals surface area contributed by atoms with Crippen LogP contribution in [-0.4, -0.2) is 30.3 Å². The zero-order valence-corrected chi connectivity index (χ0v) is 9.56. The number of hydrogen-bond acceptors (Lipinski definition) is 3. The first-order valence-electron chi connectivity index (χ1n) is 5.32. The summed E-state index contributed by atoms with van der Waals surface area (Å²) in [5, 5.41) is 11.8. The van der Waals surface area contributed by atoms with Crippen molar-refractivity contribution in [2.45, 2.75) is 20.0 Å². The number of amides is 1.